The number of primary sulfonamides is 1. The topological polar surface area (TPSA) is 122 Å². The third-order valence-corrected chi connectivity index (χ3v) is 5.12. The van der Waals surface area contributed by atoms with Gasteiger partial charge < -0.3 is 10.6 Å². The Morgan fingerprint density at radius 2 is 1.63 bits per heavy atom. The van der Waals surface area contributed by atoms with E-state index in [1.807, 2.05) is 0 Å². The number of sulfonamides is 1. The van der Waals surface area contributed by atoms with Crippen molar-refractivity contribution in [1.29, 1.82) is 0 Å². The Kier molecular flexibility index (Phi) is 7.18. The first kappa shape index (κ1) is 23.3. The van der Waals surface area contributed by atoms with E-state index >= 15 is 0 Å². The molecule has 0 aromatic heterocycles. The molecule has 0 aliphatic carbocycles. The van der Waals surface area contributed by atoms with Crippen LogP contribution in [0.2, 0.25) is 0 Å². The van der Waals surface area contributed by atoms with Gasteiger partial charge >= 0.3 is 0 Å². The lowest BCUT2D eigenvalue weighted by Gasteiger charge is -2.23. The van der Waals surface area contributed by atoms with Crippen LogP contribution in [-0.2, 0) is 19.6 Å². The van der Waals surface area contributed by atoms with Gasteiger partial charge in [0.05, 0.1) is 23.2 Å². The zero-order valence-electron chi connectivity index (χ0n) is 15.9. The predicted octanol–water partition coefficient (Wildman–Crippen LogP) is 1.65. The molecule has 2 aromatic rings. The van der Waals surface area contributed by atoms with Crippen LogP contribution in [0.1, 0.15) is 6.92 Å². The number of hydrogen-bond acceptors (Lipinski definition) is 5. The van der Waals surface area contributed by atoms with Crippen LogP contribution in [-0.4, -0.2) is 44.8 Å². The lowest BCUT2D eigenvalue weighted by atomic mass is 10.2. The summed E-state index contributed by atoms with van der Waals surface area (Å²) in [5.74, 6) is -5.88. The SMILES string of the molecule is CC(C(=O)Nc1ccc(S(N)(=O)=O)cc1)N(C)CC(=O)Nc1ccc(F)c(F)c1F. The van der Waals surface area contributed by atoms with Crippen molar-refractivity contribution in [3.8, 4) is 0 Å². The van der Waals surface area contributed by atoms with E-state index in [9.17, 15) is 31.2 Å². The van der Waals surface area contributed by atoms with Crippen molar-refractivity contribution in [2.75, 3.05) is 24.2 Å². The number of anilines is 2. The minimum absolute atomic E-state index is 0.119. The second-order valence-electron chi connectivity index (χ2n) is 6.42. The van der Waals surface area contributed by atoms with Crippen molar-refractivity contribution in [2.24, 2.45) is 5.14 Å². The van der Waals surface area contributed by atoms with Gasteiger partial charge in [-0.15, -0.1) is 0 Å². The molecule has 0 aliphatic rings. The molecule has 2 rings (SSSR count). The standard InChI is InChI=1S/C18H19F3N4O4S/c1-10(18(27)23-11-3-5-12(6-4-11)30(22,28)29)25(2)9-15(26)24-14-8-7-13(19)16(20)17(14)21/h3-8,10H,9H2,1-2H3,(H,23,27)(H,24,26)(H2,22,28,29). The average Bonchev–Trinajstić information content (AvgIpc) is 2.67. The number of nitrogens with one attached hydrogen (secondary N) is 2. The highest BCUT2D eigenvalue weighted by Crippen LogP contribution is 2.19. The second-order valence-corrected chi connectivity index (χ2v) is 7.98. The first-order valence-corrected chi connectivity index (χ1v) is 10.0. The van der Waals surface area contributed by atoms with E-state index in [1.165, 1.54) is 43.1 Å². The number of rotatable bonds is 7. The number of nitrogens with two attached hydrogens (primary N) is 1. The summed E-state index contributed by atoms with van der Waals surface area (Å²) in [5, 5.41) is 9.66. The number of benzene rings is 2. The van der Waals surface area contributed by atoms with Crippen LogP contribution in [0.4, 0.5) is 24.5 Å². The van der Waals surface area contributed by atoms with Crippen molar-refractivity contribution < 1.29 is 31.2 Å². The third kappa shape index (κ3) is 5.78. The zero-order chi connectivity index (χ0) is 22.6. The minimum Gasteiger partial charge on any atom is -0.325 e. The molecule has 0 saturated heterocycles. The molecule has 162 valence electrons. The number of carbonyl (C=O) groups is 2. The van der Waals surface area contributed by atoms with Crippen molar-refractivity contribution >= 4 is 33.2 Å². The van der Waals surface area contributed by atoms with Crippen molar-refractivity contribution in [3.63, 3.8) is 0 Å². The Balaban J connectivity index is 1.96. The van der Waals surface area contributed by atoms with Crippen LogP contribution in [0.3, 0.4) is 0 Å². The van der Waals surface area contributed by atoms with Gasteiger partial charge in [-0.2, -0.15) is 0 Å². The van der Waals surface area contributed by atoms with Gasteiger partial charge in [0.25, 0.3) is 0 Å². The molecule has 0 bridgehead atoms. The molecule has 0 heterocycles. The molecular formula is C18H19F3N4O4S. The van der Waals surface area contributed by atoms with Gasteiger partial charge in [0.15, 0.2) is 17.5 Å². The van der Waals surface area contributed by atoms with E-state index in [2.05, 4.69) is 10.6 Å². The Bertz CT molecular complexity index is 1060. The van der Waals surface area contributed by atoms with Crippen LogP contribution in [0.25, 0.3) is 0 Å². The maximum absolute atomic E-state index is 13.6. The lowest BCUT2D eigenvalue weighted by Crippen LogP contribution is -2.43. The third-order valence-electron chi connectivity index (χ3n) is 4.19. The van der Waals surface area contributed by atoms with Gasteiger partial charge in [-0.1, -0.05) is 0 Å². The molecule has 30 heavy (non-hydrogen) atoms. The lowest BCUT2D eigenvalue weighted by molar-refractivity contribution is -0.122. The van der Waals surface area contributed by atoms with E-state index in [0.717, 1.165) is 6.07 Å². The van der Waals surface area contributed by atoms with Crippen LogP contribution >= 0.6 is 0 Å². The van der Waals surface area contributed by atoms with Crippen LogP contribution in [0.15, 0.2) is 41.3 Å². The van der Waals surface area contributed by atoms with E-state index in [4.69, 9.17) is 5.14 Å². The number of carbonyl (C=O) groups excluding carboxylic acids is 2. The molecular weight excluding hydrogens is 425 g/mol. The number of nitrogens with zero attached hydrogens (tertiary/aromatic N) is 1. The summed E-state index contributed by atoms with van der Waals surface area (Å²) in [7, 11) is -2.41. The van der Waals surface area contributed by atoms with Crippen LogP contribution in [0, 0.1) is 17.5 Å². The smallest absolute Gasteiger partial charge is 0.241 e. The molecule has 0 radical (unpaired) electrons. The molecule has 1 atom stereocenters. The summed E-state index contributed by atoms with van der Waals surface area (Å²) >= 11 is 0. The predicted molar refractivity (Wildman–Crippen MR) is 103 cm³/mol. The number of likely N-dealkylation sites (N-methyl/N-ethyl adjacent to an activating group) is 1. The van der Waals surface area contributed by atoms with Gasteiger partial charge in [0.1, 0.15) is 0 Å². The fraction of sp³-hybridized carbons (Fsp3) is 0.222. The summed E-state index contributed by atoms with van der Waals surface area (Å²) in [6.07, 6.45) is 0. The van der Waals surface area contributed by atoms with Gasteiger partial charge in [-0.05, 0) is 50.4 Å². The number of amides is 2. The van der Waals surface area contributed by atoms with Crippen LogP contribution in [0.5, 0.6) is 0 Å². The van der Waals surface area contributed by atoms with E-state index in [1.54, 1.807) is 0 Å². The summed E-state index contributed by atoms with van der Waals surface area (Å²) in [6, 6.07) is 5.89. The fourth-order valence-corrected chi connectivity index (χ4v) is 2.87. The van der Waals surface area contributed by atoms with Crippen molar-refractivity contribution in [1.82, 2.24) is 4.90 Å². The molecule has 4 N–H and O–H groups in total. The highest BCUT2D eigenvalue weighted by Gasteiger charge is 2.22. The zero-order valence-corrected chi connectivity index (χ0v) is 16.8. The maximum atomic E-state index is 13.6. The van der Waals surface area contributed by atoms with Crippen molar-refractivity contribution in [2.45, 2.75) is 17.9 Å². The molecule has 0 spiro atoms. The highest BCUT2D eigenvalue weighted by atomic mass is 32.2. The van der Waals surface area contributed by atoms with E-state index in [-0.39, 0.29) is 11.4 Å². The Labute approximate surface area is 170 Å². The first-order chi connectivity index (χ1) is 13.9. The average molecular weight is 444 g/mol. The highest BCUT2D eigenvalue weighted by molar-refractivity contribution is 7.89. The van der Waals surface area contributed by atoms with Gasteiger partial charge in [0, 0.05) is 5.69 Å². The first-order valence-electron chi connectivity index (χ1n) is 8.47. The van der Waals surface area contributed by atoms with E-state index < -0.39 is 51.0 Å². The second kappa shape index (κ2) is 9.24. The van der Waals surface area contributed by atoms with E-state index in [0.29, 0.717) is 11.8 Å². The molecule has 2 amide bonds. The Morgan fingerprint density at radius 3 is 2.20 bits per heavy atom. The summed E-state index contributed by atoms with van der Waals surface area (Å²) in [6.45, 7) is 1.15. The fourth-order valence-electron chi connectivity index (χ4n) is 2.35. The van der Waals surface area contributed by atoms with Gasteiger partial charge in [0.2, 0.25) is 21.8 Å². The summed E-state index contributed by atoms with van der Waals surface area (Å²) in [5.41, 5.74) is -0.222. The number of hydrogen-bond donors (Lipinski definition) is 3. The summed E-state index contributed by atoms with van der Waals surface area (Å²) < 4.78 is 62.3. The Morgan fingerprint density at radius 1 is 1.03 bits per heavy atom. The van der Waals surface area contributed by atoms with Crippen LogP contribution < -0.4 is 15.8 Å². The molecule has 0 fully saturated rings. The summed E-state index contributed by atoms with van der Waals surface area (Å²) in [4.78, 5) is 25.6. The Hall–Kier alpha value is -2.96. The molecule has 0 saturated carbocycles. The molecule has 12 heteroatoms. The van der Waals surface area contributed by atoms with Gasteiger partial charge in [-0.3, -0.25) is 14.5 Å². The normalized spacial score (nSPS) is 12.5. The molecule has 8 nitrogen and oxygen atoms in total. The largest absolute Gasteiger partial charge is 0.325 e. The maximum Gasteiger partial charge on any atom is 0.241 e. The van der Waals surface area contributed by atoms with Gasteiger partial charge in [-0.25, -0.2) is 26.7 Å². The number of halogens is 3. The monoisotopic (exact) mass is 444 g/mol. The molecule has 0 aliphatic heterocycles. The molecule has 2 aromatic carbocycles. The quantitative estimate of drug-likeness (QED) is 0.561. The van der Waals surface area contributed by atoms with Crippen molar-refractivity contribution in [3.05, 3.63) is 53.8 Å². The molecule has 1 unspecified atom stereocenters. The minimum atomic E-state index is -3.86.